The first-order valence-electron chi connectivity index (χ1n) is 7.99. The van der Waals surface area contributed by atoms with Crippen LogP contribution in [-0.2, 0) is 9.59 Å². The molecule has 2 aromatic rings. The second-order valence-electron chi connectivity index (χ2n) is 6.37. The smallest absolute Gasteiger partial charge is 0.228 e. The quantitative estimate of drug-likeness (QED) is 0.802. The summed E-state index contributed by atoms with van der Waals surface area (Å²) in [6.45, 7) is 3.91. The average molecular weight is 377 g/mol. The molecule has 2 N–H and O–H groups in total. The van der Waals surface area contributed by atoms with Gasteiger partial charge in [-0.25, -0.2) is 0 Å². The zero-order chi connectivity index (χ0) is 18.1. The molecule has 2 unspecified atom stereocenters. The molecule has 2 amide bonds. The summed E-state index contributed by atoms with van der Waals surface area (Å²) in [6.07, 6.45) is 0.528. The molecule has 0 saturated heterocycles. The number of amides is 2. The lowest BCUT2D eigenvalue weighted by Gasteiger charge is -2.10. The van der Waals surface area contributed by atoms with Gasteiger partial charge < -0.3 is 10.6 Å². The van der Waals surface area contributed by atoms with Gasteiger partial charge in [-0.3, -0.25) is 9.59 Å². The van der Waals surface area contributed by atoms with Gasteiger partial charge in [-0.05, 0) is 55.7 Å². The van der Waals surface area contributed by atoms with Crippen LogP contribution in [0.1, 0.15) is 17.5 Å². The molecule has 0 spiro atoms. The third-order valence-corrected chi connectivity index (χ3v) is 4.87. The lowest BCUT2D eigenvalue weighted by Crippen LogP contribution is -2.21. The highest BCUT2D eigenvalue weighted by Gasteiger charge is 2.48. The van der Waals surface area contributed by atoms with E-state index in [1.165, 1.54) is 0 Å². The number of halogens is 2. The Kier molecular flexibility index (Phi) is 5.02. The fraction of sp³-hybridized carbons (Fsp3) is 0.263. The molecular formula is C19H18Cl2N2O2. The van der Waals surface area contributed by atoms with Crippen molar-refractivity contribution in [1.29, 1.82) is 0 Å². The van der Waals surface area contributed by atoms with Crippen molar-refractivity contribution in [3.8, 4) is 0 Å². The summed E-state index contributed by atoms with van der Waals surface area (Å²) >= 11 is 12.0. The maximum Gasteiger partial charge on any atom is 0.228 e. The summed E-state index contributed by atoms with van der Waals surface area (Å²) in [6, 6.07) is 10.7. The third kappa shape index (κ3) is 4.14. The van der Waals surface area contributed by atoms with Crippen LogP contribution in [0.25, 0.3) is 0 Å². The molecule has 2 atom stereocenters. The SMILES string of the molecule is Cc1ccc(C)c(NC(=O)C2CC2C(=O)Nc2cc(Cl)ccc2Cl)c1. The molecule has 0 heterocycles. The summed E-state index contributed by atoms with van der Waals surface area (Å²) in [5.41, 5.74) is 3.31. The lowest BCUT2D eigenvalue weighted by atomic mass is 10.1. The van der Waals surface area contributed by atoms with E-state index in [1.807, 2.05) is 32.0 Å². The minimum atomic E-state index is -0.347. The van der Waals surface area contributed by atoms with Crippen LogP contribution >= 0.6 is 23.2 Å². The molecule has 6 heteroatoms. The van der Waals surface area contributed by atoms with Crippen molar-refractivity contribution >= 4 is 46.4 Å². The number of aryl methyl sites for hydroxylation is 2. The molecule has 4 nitrogen and oxygen atoms in total. The van der Waals surface area contributed by atoms with Crippen molar-refractivity contribution in [1.82, 2.24) is 0 Å². The number of anilines is 2. The minimum Gasteiger partial charge on any atom is -0.326 e. The van der Waals surface area contributed by atoms with Gasteiger partial charge in [0.1, 0.15) is 0 Å². The zero-order valence-electron chi connectivity index (χ0n) is 13.9. The predicted molar refractivity (Wildman–Crippen MR) is 101 cm³/mol. The van der Waals surface area contributed by atoms with Gasteiger partial charge in [0, 0.05) is 10.7 Å². The van der Waals surface area contributed by atoms with Crippen LogP contribution in [-0.4, -0.2) is 11.8 Å². The summed E-state index contributed by atoms with van der Waals surface area (Å²) in [5.74, 6) is -1.02. The Labute approximate surface area is 156 Å². The highest BCUT2D eigenvalue weighted by molar-refractivity contribution is 6.35. The molecule has 0 aromatic heterocycles. The van der Waals surface area contributed by atoms with Crippen molar-refractivity contribution in [2.24, 2.45) is 11.8 Å². The first-order valence-corrected chi connectivity index (χ1v) is 8.75. The summed E-state index contributed by atoms with van der Waals surface area (Å²) in [5, 5.41) is 6.56. The molecule has 1 saturated carbocycles. The van der Waals surface area contributed by atoms with Crippen LogP contribution in [0.5, 0.6) is 0 Å². The van der Waals surface area contributed by atoms with Gasteiger partial charge in [-0.1, -0.05) is 35.3 Å². The second kappa shape index (κ2) is 7.06. The number of nitrogens with one attached hydrogen (secondary N) is 2. The molecule has 0 bridgehead atoms. The highest BCUT2D eigenvalue weighted by atomic mass is 35.5. The lowest BCUT2D eigenvalue weighted by molar-refractivity contribution is -0.122. The Balaban J connectivity index is 1.61. The van der Waals surface area contributed by atoms with Crippen molar-refractivity contribution < 1.29 is 9.59 Å². The van der Waals surface area contributed by atoms with E-state index in [0.29, 0.717) is 22.2 Å². The zero-order valence-corrected chi connectivity index (χ0v) is 15.4. The van der Waals surface area contributed by atoms with E-state index in [0.717, 1.165) is 16.8 Å². The molecule has 0 aliphatic heterocycles. The maximum atomic E-state index is 12.4. The van der Waals surface area contributed by atoms with Crippen molar-refractivity contribution in [3.05, 3.63) is 57.6 Å². The maximum absolute atomic E-state index is 12.4. The Bertz CT molecular complexity index is 782. The summed E-state index contributed by atoms with van der Waals surface area (Å²) in [7, 11) is 0. The van der Waals surface area contributed by atoms with Crippen LogP contribution in [0.15, 0.2) is 36.4 Å². The van der Waals surface area contributed by atoms with Crippen LogP contribution in [0, 0.1) is 25.7 Å². The van der Waals surface area contributed by atoms with Gasteiger partial charge >= 0.3 is 0 Å². The van der Waals surface area contributed by atoms with Crippen molar-refractivity contribution in [2.75, 3.05) is 10.6 Å². The van der Waals surface area contributed by atoms with E-state index in [4.69, 9.17) is 23.2 Å². The topological polar surface area (TPSA) is 58.2 Å². The molecule has 1 aliphatic rings. The molecule has 0 radical (unpaired) electrons. The van der Waals surface area contributed by atoms with E-state index in [9.17, 15) is 9.59 Å². The molecular weight excluding hydrogens is 359 g/mol. The molecule has 1 aliphatic carbocycles. The van der Waals surface area contributed by atoms with Gasteiger partial charge in [0.25, 0.3) is 0 Å². The Morgan fingerprint density at radius 3 is 2.24 bits per heavy atom. The molecule has 130 valence electrons. The van der Waals surface area contributed by atoms with E-state index in [-0.39, 0.29) is 23.7 Å². The van der Waals surface area contributed by atoms with Crippen LogP contribution in [0.4, 0.5) is 11.4 Å². The number of carbonyl (C=O) groups excluding carboxylic acids is 2. The number of carbonyl (C=O) groups is 2. The van der Waals surface area contributed by atoms with Crippen molar-refractivity contribution in [2.45, 2.75) is 20.3 Å². The van der Waals surface area contributed by atoms with Gasteiger partial charge in [0.15, 0.2) is 0 Å². The average Bonchev–Trinajstić information content (AvgIpc) is 3.35. The normalized spacial score (nSPS) is 18.6. The predicted octanol–water partition coefficient (Wildman–Crippen LogP) is 4.82. The van der Waals surface area contributed by atoms with Gasteiger partial charge in [0.2, 0.25) is 11.8 Å². The molecule has 1 fully saturated rings. The Morgan fingerprint density at radius 1 is 0.920 bits per heavy atom. The van der Waals surface area contributed by atoms with Crippen LogP contribution in [0.2, 0.25) is 10.0 Å². The van der Waals surface area contributed by atoms with Gasteiger partial charge in [0.05, 0.1) is 22.5 Å². The van der Waals surface area contributed by atoms with Crippen LogP contribution < -0.4 is 10.6 Å². The second-order valence-corrected chi connectivity index (χ2v) is 7.21. The number of benzene rings is 2. The number of rotatable bonds is 4. The summed E-state index contributed by atoms with van der Waals surface area (Å²) in [4.78, 5) is 24.7. The van der Waals surface area contributed by atoms with E-state index < -0.39 is 0 Å². The first-order chi connectivity index (χ1) is 11.8. The standard InChI is InChI=1S/C19H18Cl2N2O2/c1-10-3-4-11(2)16(7-10)22-18(24)13-9-14(13)19(25)23-17-8-12(20)5-6-15(17)21/h3-8,13-14H,9H2,1-2H3,(H,22,24)(H,23,25). The third-order valence-electron chi connectivity index (χ3n) is 4.30. The number of hydrogen-bond acceptors (Lipinski definition) is 2. The number of hydrogen-bond donors (Lipinski definition) is 2. The van der Waals surface area contributed by atoms with E-state index >= 15 is 0 Å². The highest BCUT2D eigenvalue weighted by Crippen LogP contribution is 2.41. The Hall–Kier alpha value is -2.04. The fourth-order valence-corrected chi connectivity index (χ4v) is 3.03. The monoisotopic (exact) mass is 376 g/mol. The molecule has 25 heavy (non-hydrogen) atoms. The summed E-state index contributed by atoms with van der Waals surface area (Å²) < 4.78 is 0. The van der Waals surface area contributed by atoms with Crippen molar-refractivity contribution in [3.63, 3.8) is 0 Å². The van der Waals surface area contributed by atoms with Gasteiger partial charge in [-0.15, -0.1) is 0 Å². The molecule has 2 aromatic carbocycles. The van der Waals surface area contributed by atoms with E-state index in [2.05, 4.69) is 10.6 Å². The largest absolute Gasteiger partial charge is 0.326 e. The molecule has 3 rings (SSSR count). The first kappa shape index (κ1) is 17.8. The minimum absolute atomic E-state index is 0.133. The Morgan fingerprint density at radius 2 is 1.56 bits per heavy atom. The van der Waals surface area contributed by atoms with Crippen LogP contribution in [0.3, 0.4) is 0 Å². The van der Waals surface area contributed by atoms with Gasteiger partial charge in [-0.2, -0.15) is 0 Å². The van der Waals surface area contributed by atoms with E-state index in [1.54, 1.807) is 18.2 Å². The fourth-order valence-electron chi connectivity index (χ4n) is 2.69.